The summed E-state index contributed by atoms with van der Waals surface area (Å²) in [7, 11) is 0. The molecule has 18 heavy (non-hydrogen) atoms. The number of hydrogen-bond donors (Lipinski definition) is 2. The zero-order valence-corrected chi connectivity index (χ0v) is 10.1. The lowest BCUT2D eigenvalue weighted by atomic mass is 10.2. The lowest BCUT2D eigenvalue weighted by Crippen LogP contribution is -2.33. The Labute approximate surface area is 103 Å². The molecule has 0 amide bonds. The number of aliphatic hydroxyl groups excluding tert-OH is 1. The van der Waals surface area contributed by atoms with Gasteiger partial charge in [-0.15, -0.1) is 0 Å². The number of aromatic amines is 1. The van der Waals surface area contributed by atoms with Crippen LogP contribution in [0.1, 0.15) is 24.6 Å². The average Bonchev–Trinajstić information content (AvgIpc) is 2.79. The molecule has 1 aromatic heterocycles. The lowest BCUT2D eigenvalue weighted by Gasteiger charge is -2.15. The Kier molecular flexibility index (Phi) is 3.95. The van der Waals surface area contributed by atoms with Crippen LogP contribution < -0.4 is 11.2 Å². The van der Waals surface area contributed by atoms with E-state index in [1.807, 2.05) is 0 Å². The highest BCUT2D eigenvalue weighted by molar-refractivity contribution is 5.01. The molecular weight excluding hydrogens is 240 g/mol. The molecule has 2 atom stereocenters. The van der Waals surface area contributed by atoms with Crippen molar-refractivity contribution in [2.24, 2.45) is 0 Å². The first-order valence-corrected chi connectivity index (χ1v) is 5.78. The highest BCUT2D eigenvalue weighted by Crippen LogP contribution is 2.26. The number of nitrogens with one attached hydrogen (secondary N) is 1. The molecule has 1 fully saturated rings. The van der Waals surface area contributed by atoms with E-state index in [-0.39, 0.29) is 24.7 Å². The van der Waals surface area contributed by atoms with Crippen LogP contribution in [0.15, 0.2) is 15.8 Å². The van der Waals surface area contributed by atoms with Crippen molar-refractivity contribution in [1.29, 1.82) is 0 Å². The van der Waals surface area contributed by atoms with Gasteiger partial charge in [0.15, 0.2) is 0 Å². The molecule has 0 aromatic carbocycles. The molecule has 2 rings (SSSR count). The summed E-state index contributed by atoms with van der Waals surface area (Å²) in [6.45, 7) is 1.59. The van der Waals surface area contributed by atoms with Crippen molar-refractivity contribution in [2.45, 2.75) is 32.1 Å². The summed E-state index contributed by atoms with van der Waals surface area (Å²) in [5, 5.41) is 8.55. The molecule has 1 saturated heterocycles. The van der Waals surface area contributed by atoms with Gasteiger partial charge in [-0.1, -0.05) is 0 Å². The average molecular weight is 256 g/mol. The summed E-state index contributed by atoms with van der Waals surface area (Å²) < 4.78 is 11.9. The molecule has 2 heterocycles. The van der Waals surface area contributed by atoms with Gasteiger partial charge in [0.2, 0.25) is 0 Å². The largest absolute Gasteiger partial charge is 0.371 e. The fraction of sp³-hybridized carbons (Fsp3) is 0.636. The van der Waals surface area contributed by atoms with Crippen molar-refractivity contribution >= 4 is 0 Å². The number of hydrogen-bond acceptors (Lipinski definition) is 5. The number of rotatable bonds is 4. The topological polar surface area (TPSA) is 93.6 Å². The van der Waals surface area contributed by atoms with Crippen LogP contribution in [-0.2, 0) is 9.47 Å². The summed E-state index contributed by atoms with van der Waals surface area (Å²) in [5.74, 6) is 0. The summed E-state index contributed by atoms with van der Waals surface area (Å²) in [6.07, 6.45) is 2.39. The van der Waals surface area contributed by atoms with Gasteiger partial charge < -0.3 is 14.6 Å². The fourth-order valence-electron chi connectivity index (χ4n) is 2.00. The molecule has 1 aliphatic rings. The van der Waals surface area contributed by atoms with Crippen LogP contribution in [0.4, 0.5) is 0 Å². The van der Waals surface area contributed by atoms with Crippen molar-refractivity contribution in [1.82, 2.24) is 9.55 Å². The molecule has 2 N–H and O–H groups in total. The minimum absolute atomic E-state index is 0.138. The van der Waals surface area contributed by atoms with E-state index in [0.717, 1.165) is 6.42 Å². The highest BCUT2D eigenvalue weighted by atomic mass is 16.6. The summed E-state index contributed by atoms with van der Waals surface area (Å²) in [6, 6.07) is 0. The van der Waals surface area contributed by atoms with E-state index < -0.39 is 5.69 Å². The van der Waals surface area contributed by atoms with Crippen LogP contribution in [-0.4, -0.2) is 34.2 Å². The van der Waals surface area contributed by atoms with Gasteiger partial charge in [-0.05, 0) is 19.8 Å². The van der Waals surface area contributed by atoms with Crippen molar-refractivity contribution in [2.75, 3.05) is 13.4 Å². The van der Waals surface area contributed by atoms with Crippen LogP contribution in [0.2, 0.25) is 0 Å². The van der Waals surface area contributed by atoms with Gasteiger partial charge in [0.05, 0.1) is 12.7 Å². The predicted molar refractivity (Wildman–Crippen MR) is 62.2 cm³/mol. The van der Waals surface area contributed by atoms with Crippen LogP contribution in [0.3, 0.4) is 0 Å². The molecule has 7 nitrogen and oxygen atoms in total. The standard InChI is InChI=1S/C11H16N2O5/c1-7-4-13(11(16)12-10(7)15)9-3-2-8(18-9)5-17-6-14/h4,8-9,14H,2-3,5-6H2,1H3,(H,12,15,16)/t8-,9+/m1/s1. The van der Waals surface area contributed by atoms with E-state index in [2.05, 4.69) is 4.98 Å². The number of aryl methyl sites for hydroxylation is 1. The molecule has 0 bridgehead atoms. The lowest BCUT2D eigenvalue weighted by molar-refractivity contribution is -0.0763. The molecular formula is C11H16N2O5. The Morgan fingerprint density at radius 2 is 2.33 bits per heavy atom. The van der Waals surface area contributed by atoms with E-state index in [9.17, 15) is 9.59 Å². The fourth-order valence-corrected chi connectivity index (χ4v) is 2.00. The molecule has 0 spiro atoms. The monoisotopic (exact) mass is 256 g/mol. The maximum Gasteiger partial charge on any atom is 0.330 e. The molecule has 100 valence electrons. The number of aliphatic hydroxyl groups is 1. The third-order valence-corrected chi connectivity index (χ3v) is 2.94. The minimum atomic E-state index is -0.473. The Morgan fingerprint density at radius 1 is 1.56 bits per heavy atom. The van der Waals surface area contributed by atoms with Crippen molar-refractivity contribution in [3.8, 4) is 0 Å². The second kappa shape index (κ2) is 5.47. The molecule has 0 saturated carbocycles. The second-order valence-corrected chi connectivity index (χ2v) is 4.27. The third-order valence-electron chi connectivity index (χ3n) is 2.94. The first kappa shape index (κ1) is 13.0. The maximum absolute atomic E-state index is 11.7. The summed E-state index contributed by atoms with van der Waals surface area (Å²) in [5.41, 5.74) is -0.387. The molecule has 0 unspecified atom stereocenters. The van der Waals surface area contributed by atoms with Gasteiger partial charge in [0, 0.05) is 11.8 Å². The summed E-state index contributed by atoms with van der Waals surface area (Å²) in [4.78, 5) is 25.2. The van der Waals surface area contributed by atoms with Gasteiger partial charge in [0.1, 0.15) is 13.0 Å². The Balaban J connectivity index is 2.12. The second-order valence-electron chi connectivity index (χ2n) is 4.27. The SMILES string of the molecule is Cc1cn([C@@H]2CC[C@H](COCO)O2)c(=O)[nH]c1=O. The normalized spacial score (nSPS) is 23.4. The Morgan fingerprint density at radius 3 is 3.06 bits per heavy atom. The Hall–Kier alpha value is -1.44. The van der Waals surface area contributed by atoms with E-state index in [0.29, 0.717) is 18.6 Å². The van der Waals surface area contributed by atoms with Gasteiger partial charge in [-0.3, -0.25) is 14.3 Å². The maximum atomic E-state index is 11.7. The van der Waals surface area contributed by atoms with Gasteiger partial charge in [0.25, 0.3) is 5.56 Å². The molecule has 0 radical (unpaired) electrons. The highest BCUT2D eigenvalue weighted by Gasteiger charge is 2.27. The number of H-pyrrole nitrogens is 1. The van der Waals surface area contributed by atoms with E-state index in [4.69, 9.17) is 14.6 Å². The quantitative estimate of drug-likeness (QED) is 0.708. The van der Waals surface area contributed by atoms with Crippen molar-refractivity contribution < 1.29 is 14.6 Å². The smallest absolute Gasteiger partial charge is 0.330 e. The predicted octanol–water partition coefficient (Wildman–Crippen LogP) is -0.511. The van der Waals surface area contributed by atoms with Crippen LogP contribution in [0.25, 0.3) is 0 Å². The number of nitrogens with zero attached hydrogens (tertiary/aromatic N) is 1. The molecule has 7 heteroatoms. The number of aromatic nitrogens is 2. The molecule has 1 aliphatic heterocycles. The van der Waals surface area contributed by atoms with Crippen molar-refractivity contribution in [3.05, 3.63) is 32.6 Å². The minimum Gasteiger partial charge on any atom is -0.371 e. The van der Waals surface area contributed by atoms with Crippen LogP contribution in [0, 0.1) is 6.92 Å². The van der Waals surface area contributed by atoms with Crippen LogP contribution >= 0.6 is 0 Å². The van der Waals surface area contributed by atoms with E-state index in [1.54, 1.807) is 6.92 Å². The first-order chi connectivity index (χ1) is 8.61. The van der Waals surface area contributed by atoms with Gasteiger partial charge >= 0.3 is 5.69 Å². The molecule has 0 aliphatic carbocycles. The zero-order valence-electron chi connectivity index (χ0n) is 10.1. The first-order valence-electron chi connectivity index (χ1n) is 5.78. The van der Waals surface area contributed by atoms with Crippen molar-refractivity contribution in [3.63, 3.8) is 0 Å². The summed E-state index contributed by atoms with van der Waals surface area (Å²) >= 11 is 0. The molecule has 1 aromatic rings. The Bertz CT molecular complexity index is 521. The number of ether oxygens (including phenoxy) is 2. The van der Waals surface area contributed by atoms with Gasteiger partial charge in [-0.25, -0.2) is 4.79 Å². The van der Waals surface area contributed by atoms with E-state index in [1.165, 1.54) is 10.8 Å². The van der Waals surface area contributed by atoms with E-state index >= 15 is 0 Å². The zero-order chi connectivity index (χ0) is 13.1. The van der Waals surface area contributed by atoms with Gasteiger partial charge in [-0.2, -0.15) is 0 Å². The third kappa shape index (κ3) is 2.69. The van der Waals surface area contributed by atoms with Crippen LogP contribution in [0.5, 0.6) is 0 Å².